The maximum absolute atomic E-state index is 12.2. The van der Waals surface area contributed by atoms with Gasteiger partial charge in [-0.1, -0.05) is 25.0 Å². The predicted octanol–water partition coefficient (Wildman–Crippen LogP) is 3.01. The molecule has 4 nitrogen and oxygen atoms in total. The topological polar surface area (TPSA) is 66.4 Å². The fourth-order valence-corrected chi connectivity index (χ4v) is 2.34. The monoisotopic (exact) mass is 287 g/mol. The van der Waals surface area contributed by atoms with Gasteiger partial charge in [0.05, 0.1) is 0 Å². The van der Waals surface area contributed by atoms with Crippen molar-refractivity contribution in [1.29, 1.82) is 0 Å². The molecule has 21 heavy (non-hydrogen) atoms. The van der Waals surface area contributed by atoms with Gasteiger partial charge < -0.3 is 10.4 Å². The van der Waals surface area contributed by atoms with Crippen LogP contribution in [-0.2, 0) is 4.79 Å². The number of carbonyl (C=O) groups is 2. The molecule has 0 atom stereocenters. The largest absolute Gasteiger partial charge is 0.478 e. The Morgan fingerprint density at radius 3 is 2.81 bits per heavy atom. The SMILES string of the molecule is Cc1c(/C=C/C(=O)O)cccc1C(=O)NCCCC1CC1. The van der Waals surface area contributed by atoms with Crippen molar-refractivity contribution in [1.82, 2.24) is 5.32 Å². The van der Waals surface area contributed by atoms with E-state index in [2.05, 4.69) is 5.32 Å². The third kappa shape index (κ3) is 4.74. The maximum Gasteiger partial charge on any atom is 0.328 e. The fourth-order valence-electron chi connectivity index (χ4n) is 2.34. The maximum atomic E-state index is 12.2. The van der Waals surface area contributed by atoms with E-state index in [0.29, 0.717) is 12.1 Å². The molecule has 0 unspecified atom stereocenters. The van der Waals surface area contributed by atoms with Gasteiger partial charge in [-0.2, -0.15) is 0 Å². The molecule has 1 aliphatic carbocycles. The van der Waals surface area contributed by atoms with Crippen molar-refractivity contribution >= 4 is 18.0 Å². The van der Waals surface area contributed by atoms with Crippen LogP contribution in [0.5, 0.6) is 0 Å². The van der Waals surface area contributed by atoms with E-state index in [4.69, 9.17) is 5.11 Å². The summed E-state index contributed by atoms with van der Waals surface area (Å²) in [4.78, 5) is 22.7. The summed E-state index contributed by atoms with van der Waals surface area (Å²) in [6.45, 7) is 2.53. The zero-order valence-corrected chi connectivity index (χ0v) is 12.3. The molecule has 1 fully saturated rings. The van der Waals surface area contributed by atoms with Crippen molar-refractivity contribution in [2.75, 3.05) is 6.54 Å². The first-order valence-corrected chi connectivity index (χ1v) is 7.36. The van der Waals surface area contributed by atoms with Crippen molar-refractivity contribution in [3.05, 3.63) is 41.0 Å². The average molecular weight is 287 g/mol. The zero-order valence-electron chi connectivity index (χ0n) is 12.3. The number of hydrogen-bond donors (Lipinski definition) is 2. The third-order valence-corrected chi connectivity index (χ3v) is 3.80. The van der Waals surface area contributed by atoms with Gasteiger partial charge in [0.25, 0.3) is 5.91 Å². The summed E-state index contributed by atoms with van der Waals surface area (Å²) >= 11 is 0. The normalized spacial score (nSPS) is 14.3. The van der Waals surface area contributed by atoms with Crippen molar-refractivity contribution in [3.63, 3.8) is 0 Å². The Kier molecular flexibility index (Phi) is 5.14. The lowest BCUT2D eigenvalue weighted by atomic mass is 10.0. The highest BCUT2D eigenvalue weighted by Crippen LogP contribution is 2.33. The number of carbonyl (C=O) groups excluding carboxylic acids is 1. The molecule has 1 aliphatic rings. The predicted molar refractivity (Wildman–Crippen MR) is 82.1 cm³/mol. The average Bonchev–Trinajstić information content (AvgIpc) is 3.26. The lowest BCUT2D eigenvalue weighted by Crippen LogP contribution is -2.25. The Morgan fingerprint density at radius 2 is 2.14 bits per heavy atom. The molecule has 0 aromatic heterocycles. The molecule has 1 aromatic rings. The number of rotatable bonds is 7. The van der Waals surface area contributed by atoms with E-state index in [0.717, 1.165) is 29.5 Å². The minimum Gasteiger partial charge on any atom is -0.478 e. The van der Waals surface area contributed by atoms with Crippen LogP contribution in [0.25, 0.3) is 6.08 Å². The summed E-state index contributed by atoms with van der Waals surface area (Å²) in [7, 11) is 0. The molecule has 0 radical (unpaired) electrons. The molecule has 2 rings (SSSR count). The zero-order chi connectivity index (χ0) is 15.2. The number of carboxylic acids is 1. The summed E-state index contributed by atoms with van der Waals surface area (Å²) < 4.78 is 0. The Labute approximate surface area is 124 Å². The first kappa shape index (κ1) is 15.3. The van der Waals surface area contributed by atoms with Crippen LogP contribution >= 0.6 is 0 Å². The van der Waals surface area contributed by atoms with E-state index in [1.54, 1.807) is 18.2 Å². The van der Waals surface area contributed by atoms with Gasteiger partial charge in [-0.3, -0.25) is 4.79 Å². The first-order chi connectivity index (χ1) is 10.1. The molecule has 0 saturated heterocycles. The van der Waals surface area contributed by atoms with Gasteiger partial charge in [0.2, 0.25) is 0 Å². The number of amides is 1. The molecule has 1 saturated carbocycles. The molecule has 0 aliphatic heterocycles. The van der Waals surface area contributed by atoms with Gasteiger partial charge >= 0.3 is 5.97 Å². The summed E-state index contributed by atoms with van der Waals surface area (Å²) in [6, 6.07) is 5.34. The number of benzene rings is 1. The summed E-state index contributed by atoms with van der Waals surface area (Å²) in [5.74, 6) is -0.202. The molecule has 2 N–H and O–H groups in total. The van der Waals surface area contributed by atoms with Crippen molar-refractivity contribution in [2.45, 2.75) is 32.6 Å². The second-order valence-electron chi connectivity index (χ2n) is 5.53. The van der Waals surface area contributed by atoms with E-state index in [-0.39, 0.29) is 5.91 Å². The minimum atomic E-state index is -0.996. The highest BCUT2D eigenvalue weighted by Gasteiger charge is 2.20. The number of hydrogen-bond acceptors (Lipinski definition) is 2. The molecule has 0 spiro atoms. The van der Waals surface area contributed by atoms with E-state index >= 15 is 0 Å². The number of aliphatic carboxylic acids is 1. The molecule has 112 valence electrons. The van der Waals surface area contributed by atoms with E-state index in [1.807, 2.05) is 6.92 Å². The Balaban J connectivity index is 1.95. The van der Waals surface area contributed by atoms with E-state index < -0.39 is 5.97 Å². The lowest BCUT2D eigenvalue weighted by molar-refractivity contribution is -0.131. The van der Waals surface area contributed by atoms with Crippen molar-refractivity contribution < 1.29 is 14.7 Å². The quantitative estimate of drug-likeness (QED) is 0.598. The van der Waals surface area contributed by atoms with Gasteiger partial charge in [0.1, 0.15) is 0 Å². The van der Waals surface area contributed by atoms with Crippen LogP contribution in [0.4, 0.5) is 0 Å². The molecule has 4 heteroatoms. The van der Waals surface area contributed by atoms with Crippen LogP contribution in [0, 0.1) is 12.8 Å². The lowest BCUT2D eigenvalue weighted by Gasteiger charge is -2.09. The number of nitrogens with one attached hydrogen (secondary N) is 1. The standard InChI is InChI=1S/C17H21NO3/c1-12-14(9-10-16(19)20)5-2-6-15(12)17(21)18-11-3-4-13-7-8-13/h2,5-6,9-10,13H,3-4,7-8,11H2,1H3,(H,18,21)(H,19,20)/b10-9+. The van der Waals surface area contributed by atoms with Gasteiger partial charge in [0, 0.05) is 18.2 Å². The smallest absolute Gasteiger partial charge is 0.328 e. The second kappa shape index (κ2) is 7.07. The Morgan fingerprint density at radius 1 is 1.38 bits per heavy atom. The Hall–Kier alpha value is -2.10. The first-order valence-electron chi connectivity index (χ1n) is 7.36. The van der Waals surface area contributed by atoms with Gasteiger partial charge in [-0.05, 0) is 49.0 Å². The van der Waals surface area contributed by atoms with Crippen LogP contribution < -0.4 is 5.32 Å². The summed E-state index contributed by atoms with van der Waals surface area (Å²) in [5, 5.41) is 11.6. The van der Waals surface area contributed by atoms with Crippen molar-refractivity contribution in [3.8, 4) is 0 Å². The highest BCUT2D eigenvalue weighted by atomic mass is 16.4. The number of carboxylic acid groups (broad SMARTS) is 1. The molecule has 1 aromatic carbocycles. The molecule has 0 heterocycles. The van der Waals surface area contributed by atoms with Crippen LogP contribution in [0.15, 0.2) is 24.3 Å². The van der Waals surface area contributed by atoms with Crippen LogP contribution in [0.1, 0.15) is 47.2 Å². The molecule has 1 amide bonds. The third-order valence-electron chi connectivity index (χ3n) is 3.80. The fraction of sp³-hybridized carbons (Fsp3) is 0.412. The van der Waals surface area contributed by atoms with Crippen LogP contribution in [-0.4, -0.2) is 23.5 Å². The summed E-state index contributed by atoms with van der Waals surface area (Å²) in [5.41, 5.74) is 2.16. The Bertz CT molecular complexity index is 559. The highest BCUT2D eigenvalue weighted by molar-refractivity contribution is 5.97. The van der Waals surface area contributed by atoms with Crippen LogP contribution in [0.3, 0.4) is 0 Å². The van der Waals surface area contributed by atoms with Gasteiger partial charge in [0.15, 0.2) is 0 Å². The molecular formula is C17H21NO3. The second-order valence-corrected chi connectivity index (χ2v) is 5.53. The van der Waals surface area contributed by atoms with Crippen LogP contribution in [0.2, 0.25) is 0 Å². The van der Waals surface area contributed by atoms with Crippen molar-refractivity contribution in [2.24, 2.45) is 5.92 Å². The van der Waals surface area contributed by atoms with Gasteiger partial charge in [-0.15, -0.1) is 0 Å². The summed E-state index contributed by atoms with van der Waals surface area (Å²) in [6.07, 6.45) is 7.49. The molecular weight excluding hydrogens is 266 g/mol. The van der Waals surface area contributed by atoms with E-state index in [9.17, 15) is 9.59 Å². The van der Waals surface area contributed by atoms with Gasteiger partial charge in [-0.25, -0.2) is 4.79 Å². The van der Waals surface area contributed by atoms with E-state index in [1.165, 1.54) is 25.3 Å². The minimum absolute atomic E-state index is 0.0890. The molecule has 0 bridgehead atoms.